The van der Waals surface area contributed by atoms with E-state index in [9.17, 15) is 0 Å². The molecule has 0 aromatic heterocycles. The molecule has 0 saturated heterocycles. The average molecular weight is 256 g/mol. The zero-order valence-corrected chi connectivity index (χ0v) is 12.9. The van der Waals surface area contributed by atoms with Crippen molar-refractivity contribution in [2.75, 3.05) is 6.61 Å². The molecule has 2 aromatic carbocycles. The molecule has 2 rings (SSSR count). The second-order valence-corrected chi connectivity index (χ2v) is 5.09. The lowest BCUT2D eigenvalue weighted by molar-refractivity contribution is 0.332. The normalized spacial score (nSPS) is 10.9. The van der Waals surface area contributed by atoms with E-state index < -0.39 is 0 Å². The third-order valence-electron chi connectivity index (χ3n) is 3.25. The summed E-state index contributed by atoms with van der Waals surface area (Å²) >= 11 is 0. The largest absolute Gasteiger partial charge is 0.428 e. The van der Waals surface area contributed by atoms with E-state index in [1.54, 1.807) is 0 Å². The van der Waals surface area contributed by atoms with Crippen LogP contribution < -0.4 is 0 Å². The van der Waals surface area contributed by atoms with Crippen LogP contribution in [0.4, 0.5) is 0 Å². The molecule has 2 aromatic rings. The molecule has 0 atom stereocenters. The van der Waals surface area contributed by atoms with Gasteiger partial charge in [0.05, 0.1) is 0 Å². The molecule has 0 amide bonds. The first kappa shape index (κ1) is 13.1. The first-order chi connectivity index (χ1) is 8.92. The van der Waals surface area contributed by atoms with Crippen LogP contribution in [0.2, 0.25) is 0 Å². The molecule has 94 valence electrons. The third kappa shape index (κ3) is 3.55. The Morgan fingerprint density at radius 1 is 0.833 bits per heavy atom. The number of hydrogen-bond donors (Lipinski definition) is 0. The summed E-state index contributed by atoms with van der Waals surface area (Å²) in [4.78, 5) is 0. The van der Waals surface area contributed by atoms with E-state index >= 15 is 0 Å². The maximum atomic E-state index is 5.30. The molecule has 18 heavy (non-hydrogen) atoms. The fraction of sp³-hybridized carbons (Fsp3) is 0.250. The molecule has 0 saturated carbocycles. The van der Waals surface area contributed by atoms with Crippen molar-refractivity contribution >= 4 is 10.5 Å². The SMILES string of the molecule is [SiH3]OCCCC(c1ccccc1)c1ccccc1. The van der Waals surface area contributed by atoms with Gasteiger partial charge in [-0.05, 0) is 24.0 Å². The van der Waals surface area contributed by atoms with Gasteiger partial charge in [0.15, 0.2) is 0 Å². The summed E-state index contributed by atoms with van der Waals surface area (Å²) < 4.78 is 5.30. The van der Waals surface area contributed by atoms with E-state index in [0.717, 1.165) is 29.9 Å². The fourth-order valence-electron chi connectivity index (χ4n) is 2.33. The van der Waals surface area contributed by atoms with Gasteiger partial charge < -0.3 is 4.43 Å². The molecule has 0 N–H and O–H groups in total. The van der Waals surface area contributed by atoms with Crippen molar-refractivity contribution in [1.29, 1.82) is 0 Å². The maximum absolute atomic E-state index is 5.30. The summed E-state index contributed by atoms with van der Waals surface area (Å²) in [6.07, 6.45) is 2.27. The van der Waals surface area contributed by atoms with Gasteiger partial charge in [-0.2, -0.15) is 0 Å². The van der Waals surface area contributed by atoms with Crippen molar-refractivity contribution in [3.63, 3.8) is 0 Å². The molecule has 0 heterocycles. The van der Waals surface area contributed by atoms with E-state index in [-0.39, 0.29) is 0 Å². The van der Waals surface area contributed by atoms with Crippen LogP contribution in [0, 0.1) is 0 Å². The predicted octanol–water partition coefficient (Wildman–Crippen LogP) is 2.90. The van der Waals surface area contributed by atoms with E-state index in [0.29, 0.717) is 5.92 Å². The van der Waals surface area contributed by atoms with Crippen molar-refractivity contribution in [1.82, 2.24) is 0 Å². The Bertz CT molecular complexity index is 402. The highest BCUT2D eigenvalue weighted by Gasteiger charge is 2.12. The molecule has 0 fully saturated rings. The Morgan fingerprint density at radius 3 is 1.78 bits per heavy atom. The second-order valence-electron chi connectivity index (χ2n) is 4.51. The molecule has 0 bridgehead atoms. The first-order valence-electron chi connectivity index (χ1n) is 6.50. The van der Waals surface area contributed by atoms with Crippen LogP contribution in [0.25, 0.3) is 0 Å². The van der Waals surface area contributed by atoms with Crippen LogP contribution in [-0.4, -0.2) is 17.1 Å². The molecule has 0 aliphatic rings. The zero-order chi connectivity index (χ0) is 12.6. The Morgan fingerprint density at radius 2 is 1.33 bits per heavy atom. The minimum atomic E-state index is 0.490. The highest BCUT2D eigenvalue weighted by atomic mass is 28.2. The van der Waals surface area contributed by atoms with Crippen molar-refractivity contribution in [3.8, 4) is 0 Å². The number of rotatable bonds is 6. The topological polar surface area (TPSA) is 9.23 Å². The number of benzene rings is 2. The Balaban J connectivity index is 2.18. The van der Waals surface area contributed by atoms with Crippen LogP contribution >= 0.6 is 0 Å². The summed E-state index contributed by atoms with van der Waals surface area (Å²) in [5, 5.41) is 0. The van der Waals surface area contributed by atoms with Crippen molar-refractivity contribution < 1.29 is 4.43 Å². The molecule has 2 heteroatoms. The standard InChI is InChI=1S/C16H20OSi/c18-17-13-7-12-16(14-8-3-1-4-9-14)15-10-5-2-6-11-15/h1-6,8-11,16H,7,12-13H2,18H3. The Kier molecular flexibility index (Phi) is 5.18. The highest BCUT2D eigenvalue weighted by molar-refractivity contribution is 5.97. The van der Waals surface area contributed by atoms with Crippen LogP contribution in [0.15, 0.2) is 60.7 Å². The van der Waals surface area contributed by atoms with Gasteiger partial charge in [0.25, 0.3) is 0 Å². The minimum Gasteiger partial charge on any atom is -0.428 e. The average Bonchev–Trinajstić information content (AvgIpc) is 2.46. The smallest absolute Gasteiger partial charge is 0.145 e. The number of hydrogen-bond acceptors (Lipinski definition) is 1. The lowest BCUT2D eigenvalue weighted by Crippen LogP contribution is -2.03. The fourth-order valence-corrected chi connectivity index (χ4v) is 2.62. The van der Waals surface area contributed by atoms with E-state index in [4.69, 9.17) is 4.43 Å². The molecule has 0 aliphatic carbocycles. The van der Waals surface area contributed by atoms with Crippen LogP contribution in [0.1, 0.15) is 29.9 Å². The van der Waals surface area contributed by atoms with Crippen LogP contribution in [0.5, 0.6) is 0 Å². The molecule has 0 aliphatic heterocycles. The van der Waals surface area contributed by atoms with Gasteiger partial charge in [-0.3, -0.25) is 0 Å². The summed E-state index contributed by atoms with van der Waals surface area (Å²) in [6, 6.07) is 21.5. The van der Waals surface area contributed by atoms with E-state index in [2.05, 4.69) is 60.7 Å². The maximum Gasteiger partial charge on any atom is 0.145 e. The molecule has 1 nitrogen and oxygen atoms in total. The van der Waals surface area contributed by atoms with Gasteiger partial charge >= 0.3 is 0 Å². The first-order valence-corrected chi connectivity index (χ1v) is 7.32. The van der Waals surface area contributed by atoms with Gasteiger partial charge in [0, 0.05) is 12.5 Å². The quantitative estimate of drug-likeness (QED) is 0.570. The lowest BCUT2D eigenvalue weighted by Gasteiger charge is -2.18. The second kappa shape index (κ2) is 7.14. The molecular weight excluding hydrogens is 236 g/mol. The lowest BCUT2D eigenvalue weighted by atomic mass is 9.88. The molecule has 0 radical (unpaired) electrons. The van der Waals surface area contributed by atoms with Crippen molar-refractivity contribution in [2.45, 2.75) is 18.8 Å². The summed E-state index contributed by atoms with van der Waals surface area (Å²) in [5.41, 5.74) is 2.80. The van der Waals surface area contributed by atoms with Crippen LogP contribution in [-0.2, 0) is 4.43 Å². The Labute approximate surface area is 112 Å². The highest BCUT2D eigenvalue weighted by Crippen LogP contribution is 2.28. The summed E-state index contributed by atoms with van der Waals surface area (Å²) in [6.45, 7) is 0.891. The zero-order valence-electron chi connectivity index (χ0n) is 10.9. The van der Waals surface area contributed by atoms with Gasteiger partial charge in [-0.1, -0.05) is 60.7 Å². The third-order valence-corrected chi connectivity index (χ3v) is 3.65. The van der Waals surface area contributed by atoms with Gasteiger partial charge in [-0.15, -0.1) is 0 Å². The summed E-state index contributed by atoms with van der Waals surface area (Å²) in [7, 11) is 0.839. The summed E-state index contributed by atoms with van der Waals surface area (Å²) in [5.74, 6) is 0.490. The molecule has 0 unspecified atom stereocenters. The van der Waals surface area contributed by atoms with Gasteiger partial charge in [0.1, 0.15) is 10.5 Å². The Hall–Kier alpha value is -1.38. The molecule has 0 spiro atoms. The van der Waals surface area contributed by atoms with Crippen molar-refractivity contribution in [2.24, 2.45) is 0 Å². The van der Waals surface area contributed by atoms with Crippen molar-refractivity contribution in [3.05, 3.63) is 71.8 Å². The predicted molar refractivity (Wildman–Crippen MR) is 79.9 cm³/mol. The van der Waals surface area contributed by atoms with E-state index in [1.165, 1.54) is 11.1 Å². The van der Waals surface area contributed by atoms with E-state index in [1.807, 2.05) is 0 Å². The van der Waals surface area contributed by atoms with Crippen LogP contribution in [0.3, 0.4) is 0 Å². The van der Waals surface area contributed by atoms with Gasteiger partial charge in [0.2, 0.25) is 0 Å². The van der Waals surface area contributed by atoms with Gasteiger partial charge in [-0.25, -0.2) is 0 Å². The minimum absolute atomic E-state index is 0.490. The molecular formula is C16H20OSi. The monoisotopic (exact) mass is 256 g/mol.